The maximum absolute atomic E-state index is 11.0. The third-order valence-corrected chi connectivity index (χ3v) is 1.92. The van der Waals surface area contributed by atoms with Gasteiger partial charge in [0.2, 0.25) is 0 Å². The molecule has 0 aliphatic carbocycles. The summed E-state index contributed by atoms with van der Waals surface area (Å²) in [4.78, 5) is 11.0. The molecule has 0 bridgehead atoms. The van der Waals surface area contributed by atoms with Crippen molar-refractivity contribution in [3.05, 3.63) is 12.2 Å². The van der Waals surface area contributed by atoms with E-state index in [0.29, 0.717) is 52.0 Å². The minimum absolute atomic E-state index is 0.225. The molecule has 0 rings (SSSR count). The molecular formula is C13H24O6. The highest BCUT2D eigenvalue weighted by Crippen LogP contribution is 1.91. The molecule has 6 heteroatoms. The van der Waals surface area contributed by atoms with Crippen LogP contribution in [0.3, 0.4) is 0 Å². The molecule has 0 fully saturated rings. The molecule has 0 heterocycles. The van der Waals surface area contributed by atoms with Gasteiger partial charge in [-0.2, -0.15) is 0 Å². The van der Waals surface area contributed by atoms with Crippen LogP contribution in [0.2, 0.25) is 0 Å². The number of esters is 1. The number of hydrogen-bond acceptors (Lipinski definition) is 6. The van der Waals surface area contributed by atoms with Gasteiger partial charge in [-0.25, -0.2) is 4.79 Å². The van der Waals surface area contributed by atoms with Gasteiger partial charge in [-0.15, -0.1) is 0 Å². The van der Waals surface area contributed by atoms with Crippen LogP contribution in [0.5, 0.6) is 0 Å². The Morgan fingerprint density at radius 3 is 1.95 bits per heavy atom. The molecule has 0 aliphatic rings. The highest BCUT2D eigenvalue weighted by atomic mass is 16.7. The monoisotopic (exact) mass is 276 g/mol. The Labute approximate surface area is 114 Å². The molecule has 0 aliphatic heterocycles. The highest BCUT2D eigenvalue weighted by molar-refractivity contribution is 5.86. The van der Waals surface area contributed by atoms with E-state index in [0.717, 1.165) is 0 Å². The fourth-order valence-electron chi connectivity index (χ4n) is 0.958. The van der Waals surface area contributed by atoms with Gasteiger partial charge in [0.1, 0.15) is 13.4 Å². The molecule has 0 amide bonds. The maximum atomic E-state index is 11.0. The third-order valence-electron chi connectivity index (χ3n) is 1.92. The molecule has 0 saturated heterocycles. The van der Waals surface area contributed by atoms with Crippen molar-refractivity contribution in [2.24, 2.45) is 0 Å². The van der Waals surface area contributed by atoms with Crippen molar-refractivity contribution >= 4 is 5.97 Å². The first-order chi connectivity index (χ1) is 9.18. The summed E-state index contributed by atoms with van der Waals surface area (Å²) in [6.45, 7) is 10.4. The first-order valence-electron chi connectivity index (χ1n) is 6.32. The quantitative estimate of drug-likeness (QED) is 0.218. The Hall–Kier alpha value is -0.950. The van der Waals surface area contributed by atoms with Crippen LogP contribution in [0.4, 0.5) is 0 Å². The Morgan fingerprint density at radius 2 is 1.42 bits per heavy atom. The van der Waals surface area contributed by atoms with Crippen molar-refractivity contribution in [1.29, 1.82) is 0 Å². The van der Waals surface area contributed by atoms with E-state index in [4.69, 9.17) is 23.7 Å². The zero-order chi connectivity index (χ0) is 14.3. The van der Waals surface area contributed by atoms with E-state index in [1.807, 2.05) is 6.92 Å². The Bertz CT molecular complexity index is 241. The minimum Gasteiger partial charge on any atom is -0.460 e. The van der Waals surface area contributed by atoms with Gasteiger partial charge < -0.3 is 23.7 Å². The molecule has 0 unspecified atom stereocenters. The molecule has 0 aromatic heterocycles. The molecule has 0 radical (unpaired) electrons. The number of ether oxygens (including phenoxy) is 5. The number of hydrogen-bond donors (Lipinski definition) is 0. The summed E-state index contributed by atoms with van der Waals surface area (Å²) in [6, 6.07) is 0. The van der Waals surface area contributed by atoms with Gasteiger partial charge in [0.25, 0.3) is 0 Å². The topological polar surface area (TPSA) is 63.2 Å². The molecule has 0 N–H and O–H groups in total. The Kier molecular flexibility index (Phi) is 12.8. The fraction of sp³-hybridized carbons (Fsp3) is 0.769. The lowest BCUT2D eigenvalue weighted by atomic mass is 10.4. The second-order valence-corrected chi connectivity index (χ2v) is 3.66. The third kappa shape index (κ3) is 13.3. The normalized spacial score (nSPS) is 10.4. The van der Waals surface area contributed by atoms with Crippen LogP contribution in [0.15, 0.2) is 12.2 Å². The van der Waals surface area contributed by atoms with Crippen LogP contribution in [-0.2, 0) is 28.5 Å². The molecule has 19 heavy (non-hydrogen) atoms. The fourth-order valence-corrected chi connectivity index (χ4v) is 0.958. The van der Waals surface area contributed by atoms with Gasteiger partial charge in [-0.05, 0) is 13.8 Å². The standard InChI is InChI=1S/C13H24O6/c1-4-15-11-18-8-7-16-5-6-17-9-10-19-13(14)12(2)3/h2,4-11H2,1,3H3. The lowest BCUT2D eigenvalue weighted by Crippen LogP contribution is -2.14. The number of carbonyl (C=O) groups excluding carboxylic acids is 1. The summed E-state index contributed by atoms with van der Waals surface area (Å²) in [5, 5.41) is 0. The maximum Gasteiger partial charge on any atom is 0.333 e. The van der Waals surface area contributed by atoms with E-state index in [2.05, 4.69) is 6.58 Å². The summed E-state index contributed by atoms with van der Waals surface area (Å²) in [7, 11) is 0. The van der Waals surface area contributed by atoms with Crippen molar-refractivity contribution in [2.45, 2.75) is 13.8 Å². The van der Waals surface area contributed by atoms with Gasteiger partial charge in [0.05, 0.1) is 33.0 Å². The summed E-state index contributed by atoms with van der Waals surface area (Å²) in [5.74, 6) is -0.397. The Morgan fingerprint density at radius 1 is 0.895 bits per heavy atom. The molecule has 0 spiro atoms. The second kappa shape index (κ2) is 13.5. The first kappa shape index (κ1) is 18.0. The van der Waals surface area contributed by atoms with E-state index in [-0.39, 0.29) is 6.61 Å². The van der Waals surface area contributed by atoms with E-state index in [9.17, 15) is 4.79 Å². The molecule has 6 nitrogen and oxygen atoms in total. The zero-order valence-corrected chi connectivity index (χ0v) is 11.8. The van der Waals surface area contributed by atoms with E-state index >= 15 is 0 Å². The molecule has 112 valence electrons. The molecule has 0 saturated carbocycles. The highest BCUT2D eigenvalue weighted by Gasteiger charge is 2.01. The largest absolute Gasteiger partial charge is 0.460 e. The molecular weight excluding hydrogens is 252 g/mol. The Balaban J connectivity index is 3.07. The average Bonchev–Trinajstić information content (AvgIpc) is 2.39. The summed E-state index contributed by atoms with van der Waals surface area (Å²) >= 11 is 0. The molecule has 0 aromatic rings. The average molecular weight is 276 g/mol. The zero-order valence-electron chi connectivity index (χ0n) is 11.8. The summed E-state index contributed by atoms with van der Waals surface area (Å²) in [6.07, 6.45) is 0. The minimum atomic E-state index is -0.397. The van der Waals surface area contributed by atoms with Gasteiger partial charge >= 0.3 is 5.97 Å². The van der Waals surface area contributed by atoms with Gasteiger partial charge in [0.15, 0.2) is 0 Å². The molecule has 0 aromatic carbocycles. The van der Waals surface area contributed by atoms with Crippen molar-refractivity contribution in [1.82, 2.24) is 0 Å². The second-order valence-electron chi connectivity index (χ2n) is 3.66. The summed E-state index contributed by atoms with van der Waals surface area (Å²) in [5.41, 5.74) is 0.385. The lowest BCUT2D eigenvalue weighted by Gasteiger charge is -2.07. The van der Waals surface area contributed by atoms with E-state index in [1.54, 1.807) is 6.92 Å². The predicted octanol–water partition coefficient (Wildman–Crippen LogP) is 1.15. The van der Waals surface area contributed by atoms with Crippen LogP contribution in [0.1, 0.15) is 13.8 Å². The summed E-state index contributed by atoms with van der Waals surface area (Å²) < 4.78 is 25.4. The van der Waals surface area contributed by atoms with Crippen molar-refractivity contribution in [3.8, 4) is 0 Å². The van der Waals surface area contributed by atoms with Crippen molar-refractivity contribution in [2.75, 3.05) is 53.0 Å². The molecule has 0 atom stereocenters. The number of carbonyl (C=O) groups is 1. The smallest absolute Gasteiger partial charge is 0.333 e. The first-order valence-corrected chi connectivity index (χ1v) is 6.32. The van der Waals surface area contributed by atoms with Crippen molar-refractivity contribution in [3.63, 3.8) is 0 Å². The number of rotatable bonds is 13. The van der Waals surface area contributed by atoms with Gasteiger partial charge in [0, 0.05) is 12.2 Å². The van der Waals surface area contributed by atoms with Gasteiger partial charge in [-0.1, -0.05) is 6.58 Å². The van der Waals surface area contributed by atoms with Gasteiger partial charge in [-0.3, -0.25) is 0 Å². The van der Waals surface area contributed by atoms with Crippen LogP contribution in [0.25, 0.3) is 0 Å². The van der Waals surface area contributed by atoms with E-state index in [1.165, 1.54) is 0 Å². The van der Waals surface area contributed by atoms with Crippen LogP contribution >= 0.6 is 0 Å². The van der Waals surface area contributed by atoms with Crippen LogP contribution in [-0.4, -0.2) is 59.0 Å². The van der Waals surface area contributed by atoms with Crippen molar-refractivity contribution < 1.29 is 28.5 Å². The predicted molar refractivity (Wildman–Crippen MR) is 69.9 cm³/mol. The van der Waals surface area contributed by atoms with Crippen LogP contribution < -0.4 is 0 Å². The lowest BCUT2D eigenvalue weighted by molar-refractivity contribution is -0.140. The van der Waals surface area contributed by atoms with Crippen LogP contribution in [0, 0.1) is 0 Å². The van der Waals surface area contributed by atoms with E-state index < -0.39 is 5.97 Å². The SMILES string of the molecule is C=C(C)C(=O)OCCOCCOCCOCOCC.